The van der Waals surface area contributed by atoms with E-state index in [0.717, 1.165) is 39.9 Å². The summed E-state index contributed by atoms with van der Waals surface area (Å²) in [4.78, 5) is 25.7. The van der Waals surface area contributed by atoms with Crippen LogP contribution in [0, 0.1) is 0 Å². The Labute approximate surface area is 210 Å². The zero-order chi connectivity index (χ0) is 25.1. The van der Waals surface area contributed by atoms with E-state index in [1.165, 1.54) is 6.39 Å². The molecule has 1 saturated carbocycles. The zero-order valence-electron chi connectivity index (χ0n) is 19.9. The second-order valence-corrected chi connectivity index (χ2v) is 9.07. The van der Waals surface area contributed by atoms with Crippen LogP contribution in [0.3, 0.4) is 0 Å². The van der Waals surface area contributed by atoms with Crippen molar-refractivity contribution in [1.82, 2.24) is 25.1 Å². The number of oxazole rings is 1. The summed E-state index contributed by atoms with van der Waals surface area (Å²) in [6.07, 6.45) is 5.17. The van der Waals surface area contributed by atoms with Crippen molar-refractivity contribution in [2.24, 2.45) is 0 Å². The summed E-state index contributed by atoms with van der Waals surface area (Å²) in [6, 6.07) is 11.8. The van der Waals surface area contributed by atoms with Crippen molar-refractivity contribution in [3.8, 4) is 23.1 Å². The summed E-state index contributed by atoms with van der Waals surface area (Å²) in [5.74, 6) is 3.13. The molecule has 5 aromatic rings. The first-order chi connectivity index (χ1) is 18.1. The maximum atomic E-state index is 13.0. The molecule has 0 radical (unpaired) electrons. The summed E-state index contributed by atoms with van der Waals surface area (Å²) in [7, 11) is 3.18. The average Bonchev–Trinajstić information content (AvgIpc) is 3.20. The monoisotopic (exact) mass is 495 g/mol. The molecule has 0 bridgehead atoms. The van der Waals surface area contributed by atoms with E-state index in [1.807, 2.05) is 30.3 Å². The molecule has 37 heavy (non-hydrogen) atoms. The van der Waals surface area contributed by atoms with Gasteiger partial charge in [0, 0.05) is 17.0 Å². The van der Waals surface area contributed by atoms with Crippen LogP contribution in [0.15, 0.2) is 59.6 Å². The number of amides is 1. The number of ether oxygens (including phenoxy) is 2. The summed E-state index contributed by atoms with van der Waals surface area (Å²) in [5.41, 5.74) is 3.19. The number of carbonyl (C=O) groups excluding carboxylic acids is 1. The van der Waals surface area contributed by atoms with Crippen LogP contribution in [0.4, 0.5) is 17.3 Å². The van der Waals surface area contributed by atoms with E-state index in [1.54, 1.807) is 26.6 Å². The zero-order valence-corrected chi connectivity index (χ0v) is 19.9. The fourth-order valence-corrected chi connectivity index (χ4v) is 5.21. The van der Waals surface area contributed by atoms with E-state index in [9.17, 15) is 4.79 Å². The molecule has 1 fully saturated rings. The molecule has 1 aliphatic heterocycles. The van der Waals surface area contributed by atoms with Gasteiger partial charge in [-0.3, -0.25) is 9.89 Å². The number of carbonyl (C=O) groups is 1. The van der Waals surface area contributed by atoms with Gasteiger partial charge in [-0.15, -0.1) is 0 Å². The highest BCUT2D eigenvalue weighted by Crippen LogP contribution is 2.65. The molecule has 0 unspecified atom stereocenters. The number of nitrogens with one attached hydrogen (secondary N) is 3. The van der Waals surface area contributed by atoms with Gasteiger partial charge < -0.3 is 24.5 Å². The van der Waals surface area contributed by atoms with Crippen LogP contribution in [0.2, 0.25) is 0 Å². The predicted molar refractivity (Wildman–Crippen MR) is 134 cm³/mol. The topological polar surface area (TPSA) is 140 Å². The average molecular weight is 495 g/mol. The molecule has 3 aromatic heterocycles. The number of rotatable bonds is 6. The van der Waals surface area contributed by atoms with E-state index >= 15 is 0 Å². The highest BCUT2D eigenvalue weighted by Gasteiger charge is 2.65. The van der Waals surface area contributed by atoms with Crippen molar-refractivity contribution < 1.29 is 18.7 Å². The van der Waals surface area contributed by atoms with Gasteiger partial charge in [0.05, 0.1) is 37.5 Å². The molecule has 2 aromatic carbocycles. The number of methoxy groups -OCH3 is 2. The number of anilines is 3. The SMILES string of the molecule is COc1ccc2c(c1)[C@]1(C[C@H]1c1ccc3c(Nc4nc(-c5cnco5)ncc4OC)n[nH]c3c1)C(=O)N2. The number of nitrogens with zero attached hydrogens (tertiary/aromatic N) is 4. The summed E-state index contributed by atoms with van der Waals surface area (Å²) >= 11 is 0. The van der Waals surface area contributed by atoms with Crippen LogP contribution in [0.1, 0.15) is 23.5 Å². The predicted octanol–water partition coefficient (Wildman–Crippen LogP) is 4.15. The third-order valence-corrected chi connectivity index (χ3v) is 7.18. The lowest BCUT2D eigenvalue weighted by Crippen LogP contribution is -2.21. The van der Waals surface area contributed by atoms with Crippen molar-refractivity contribution in [1.29, 1.82) is 0 Å². The van der Waals surface area contributed by atoms with E-state index in [-0.39, 0.29) is 11.8 Å². The van der Waals surface area contributed by atoms with Crippen LogP contribution in [-0.2, 0) is 10.2 Å². The maximum Gasteiger partial charge on any atom is 0.235 e. The number of benzene rings is 2. The van der Waals surface area contributed by atoms with Crippen LogP contribution in [0.25, 0.3) is 22.5 Å². The smallest absolute Gasteiger partial charge is 0.235 e. The van der Waals surface area contributed by atoms with Crippen molar-refractivity contribution in [3.63, 3.8) is 0 Å². The Morgan fingerprint density at radius 3 is 2.84 bits per heavy atom. The summed E-state index contributed by atoms with van der Waals surface area (Å²) < 4.78 is 16.1. The molecule has 3 N–H and O–H groups in total. The second-order valence-electron chi connectivity index (χ2n) is 9.07. The fraction of sp³-hybridized carbons (Fsp3) is 0.192. The van der Waals surface area contributed by atoms with Crippen molar-refractivity contribution in [2.45, 2.75) is 17.8 Å². The Balaban J connectivity index is 1.20. The molecule has 7 rings (SSSR count). The van der Waals surface area contributed by atoms with Crippen LogP contribution < -0.4 is 20.1 Å². The minimum atomic E-state index is -0.565. The lowest BCUT2D eigenvalue weighted by atomic mass is 9.91. The first-order valence-electron chi connectivity index (χ1n) is 11.7. The van der Waals surface area contributed by atoms with Gasteiger partial charge >= 0.3 is 0 Å². The van der Waals surface area contributed by atoms with Gasteiger partial charge in [-0.05, 0) is 47.9 Å². The van der Waals surface area contributed by atoms with Crippen LogP contribution >= 0.6 is 0 Å². The molecule has 1 amide bonds. The quantitative estimate of drug-likeness (QED) is 0.317. The third-order valence-electron chi connectivity index (χ3n) is 7.18. The number of aromatic nitrogens is 5. The van der Waals surface area contributed by atoms with Gasteiger partial charge in [0.1, 0.15) is 5.75 Å². The highest BCUT2D eigenvalue weighted by molar-refractivity contribution is 6.10. The molecular weight excluding hydrogens is 474 g/mol. The van der Waals surface area contributed by atoms with E-state index in [4.69, 9.17) is 13.9 Å². The number of hydrogen-bond acceptors (Lipinski definition) is 9. The highest BCUT2D eigenvalue weighted by atomic mass is 16.5. The minimum absolute atomic E-state index is 0.0336. The van der Waals surface area contributed by atoms with Crippen LogP contribution in [-0.4, -0.2) is 45.3 Å². The molecule has 11 heteroatoms. The summed E-state index contributed by atoms with van der Waals surface area (Å²) in [6.45, 7) is 0. The summed E-state index contributed by atoms with van der Waals surface area (Å²) in [5, 5.41) is 14.7. The van der Waals surface area contributed by atoms with Gasteiger partial charge in [-0.1, -0.05) is 6.07 Å². The molecule has 1 aliphatic carbocycles. The second kappa shape index (κ2) is 7.79. The van der Waals surface area contributed by atoms with Crippen molar-refractivity contribution >= 4 is 34.1 Å². The van der Waals surface area contributed by atoms with Gasteiger partial charge in [0.25, 0.3) is 0 Å². The number of aromatic amines is 1. The minimum Gasteiger partial charge on any atom is -0.497 e. The first-order valence-corrected chi connectivity index (χ1v) is 11.7. The van der Waals surface area contributed by atoms with Crippen molar-refractivity contribution in [3.05, 3.63) is 66.3 Å². The van der Waals surface area contributed by atoms with E-state index in [0.29, 0.717) is 29.0 Å². The Kier molecular flexibility index (Phi) is 4.49. The molecule has 11 nitrogen and oxygen atoms in total. The molecule has 1 spiro atoms. The number of hydrogen-bond donors (Lipinski definition) is 3. The van der Waals surface area contributed by atoms with Gasteiger partial charge in [0.2, 0.25) is 5.91 Å². The largest absolute Gasteiger partial charge is 0.497 e. The molecule has 2 aliphatic rings. The normalized spacial score (nSPS) is 19.6. The van der Waals surface area contributed by atoms with Gasteiger partial charge in [-0.2, -0.15) is 5.10 Å². The number of fused-ring (bicyclic) bond motifs is 3. The van der Waals surface area contributed by atoms with E-state index < -0.39 is 5.41 Å². The molecule has 2 atom stereocenters. The molecular formula is C26H21N7O4. The lowest BCUT2D eigenvalue weighted by Gasteiger charge is -2.11. The Hall–Kier alpha value is -4.93. The maximum absolute atomic E-state index is 13.0. The Morgan fingerprint density at radius 1 is 1.11 bits per heavy atom. The molecule has 4 heterocycles. The first kappa shape index (κ1) is 21.4. The Bertz CT molecular complexity index is 1680. The molecule has 184 valence electrons. The fourth-order valence-electron chi connectivity index (χ4n) is 5.21. The van der Waals surface area contributed by atoms with Crippen molar-refractivity contribution in [2.75, 3.05) is 24.9 Å². The van der Waals surface area contributed by atoms with Gasteiger partial charge in [0.15, 0.2) is 35.4 Å². The van der Waals surface area contributed by atoms with E-state index in [2.05, 4.69) is 41.8 Å². The molecule has 0 saturated heterocycles. The Morgan fingerprint density at radius 2 is 2.03 bits per heavy atom. The standard InChI is InChI=1S/C26H21N7O4/c1-35-14-4-6-18-16(8-14)26(25(34)29-18)9-17(26)13-3-5-15-19(7-13)32-33-22(15)30-24-20(36-2)11-28-23(31-24)21-10-27-12-37-21/h3-8,10-12,17H,9H2,1-2H3,(H,29,34)(H2,28,30,31,32,33)/t17-,26-/m0/s1. The van der Waals surface area contributed by atoms with Crippen LogP contribution in [0.5, 0.6) is 11.5 Å². The number of H-pyrrole nitrogens is 1. The van der Waals surface area contributed by atoms with Gasteiger partial charge in [-0.25, -0.2) is 15.0 Å². The lowest BCUT2D eigenvalue weighted by molar-refractivity contribution is -0.118. The third kappa shape index (κ3) is 3.17.